The fourth-order valence-corrected chi connectivity index (χ4v) is 2.12. The number of nitrogens with zero attached hydrogens (tertiary/aromatic N) is 2. The van der Waals surface area contributed by atoms with Gasteiger partial charge in [-0.1, -0.05) is 26.1 Å². The number of halogens is 2. The van der Waals surface area contributed by atoms with Gasteiger partial charge in [0.1, 0.15) is 10.7 Å². The minimum atomic E-state index is -0.728. The van der Waals surface area contributed by atoms with Crippen LogP contribution in [0.4, 0.5) is 8.78 Å². The third-order valence-electron chi connectivity index (χ3n) is 3.07. The average Bonchev–Trinajstić information content (AvgIpc) is 2.81. The highest BCUT2D eigenvalue weighted by molar-refractivity contribution is 7.80. The summed E-state index contributed by atoms with van der Waals surface area (Å²) in [4.78, 5) is -0.0419. The van der Waals surface area contributed by atoms with Crippen LogP contribution in [0.5, 0.6) is 0 Å². The van der Waals surface area contributed by atoms with Gasteiger partial charge in [0.05, 0.1) is 5.69 Å². The summed E-state index contributed by atoms with van der Waals surface area (Å²) >= 11 is 4.73. The van der Waals surface area contributed by atoms with Gasteiger partial charge in [0.2, 0.25) is 0 Å². The molecule has 0 fully saturated rings. The number of aryl methyl sites for hydroxylation is 2. The molecule has 20 heavy (non-hydrogen) atoms. The molecule has 0 saturated carbocycles. The second-order valence-electron chi connectivity index (χ2n) is 4.40. The smallest absolute Gasteiger partial charge is 0.152 e. The van der Waals surface area contributed by atoms with Gasteiger partial charge in [0, 0.05) is 11.3 Å². The summed E-state index contributed by atoms with van der Waals surface area (Å²) in [6, 6.07) is 4.11. The molecule has 0 radical (unpaired) electrons. The van der Waals surface area contributed by atoms with E-state index in [1.54, 1.807) is 0 Å². The van der Waals surface area contributed by atoms with Gasteiger partial charge in [0.15, 0.2) is 11.6 Å². The molecule has 106 valence electrons. The molecule has 1 heterocycles. The lowest BCUT2D eigenvalue weighted by atomic mass is 10.1. The van der Waals surface area contributed by atoms with Gasteiger partial charge in [-0.25, -0.2) is 13.5 Å². The SMILES string of the molecule is CCc1cc(CC)n(-c2c(F)cc(C(N)=S)cc2F)n1. The third-order valence-corrected chi connectivity index (χ3v) is 3.31. The first kappa shape index (κ1) is 14.6. The summed E-state index contributed by atoms with van der Waals surface area (Å²) in [6.45, 7) is 3.85. The van der Waals surface area contributed by atoms with E-state index in [0.29, 0.717) is 12.8 Å². The monoisotopic (exact) mass is 295 g/mol. The fraction of sp³-hybridized carbons (Fsp3) is 0.286. The normalized spacial score (nSPS) is 10.8. The first-order valence-corrected chi connectivity index (χ1v) is 6.75. The van der Waals surface area contributed by atoms with Crippen LogP contribution < -0.4 is 5.73 Å². The standard InChI is InChI=1S/C14H15F2N3S/c1-3-9-7-10(4-2)19(18-9)13-11(15)5-8(14(17)20)6-12(13)16/h5-7H,3-4H2,1-2H3,(H2,17,20). The van der Waals surface area contributed by atoms with E-state index >= 15 is 0 Å². The first-order valence-electron chi connectivity index (χ1n) is 6.34. The summed E-state index contributed by atoms with van der Waals surface area (Å²) < 4.78 is 29.7. The summed E-state index contributed by atoms with van der Waals surface area (Å²) in [5, 5.41) is 4.24. The lowest BCUT2D eigenvalue weighted by Gasteiger charge is -2.10. The molecule has 0 aliphatic heterocycles. The maximum Gasteiger partial charge on any atom is 0.152 e. The molecule has 2 rings (SSSR count). The van der Waals surface area contributed by atoms with Gasteiger partial charge >= 0.3 is 0 Å². The molecule has 0 bridgehead atoms. The van der Waals surface area contributed by atoms with Crippen LogP contribution in [0.2, 0.25) is 0 Å². The first-order chi connectivity index (χ1) is 9.47. The topological polar surface area (TPSA) is 43.8 Å². The zero-order valence-electron chi connectivity index (χ0n) is 11.3. The Balaban J connectivity index is 2.63. The zero-order chi connectivity index (χ0) is 14.9. The van der Waals surface area contributed by atoms with Crippen molar-refractivity contribution in [2.45, 2.75) is 26.7 Å². The van der Waals surface area contributed by atoms with Gasteiger partial charge < -0.3 is 5.73 Å². The van der Waals surface area contributed by atoms with Crippen LogP contribution in [-0.2, 0) is 12.8 Å². The third kappa shape index (κ3) is 2.56. The molecule has 0 saturated heterocycles. The molecule has 0 aliphatic carbocycles. The summed E-state index contributed by atoms with van der Waals surface area (Å²) in [5.41, 5.74) is 6.91. The molecule has 3 nitrogen and oxygen atoms in total. The zero-order valence-corrected chi connectivity index (χ0v) is 12.1. The Bertz CT molecular complexity index is 641. The van der Waals surface area contributed by atoms with Crippen LogP contribution in [0.1, 0.15) is 30.8 Å². The van der Waals surface area contributed by atoms with Crippen molar-refractivity contribution in [3.8, 4) is 5.69 Å². The molecule has 2 aromatic rings. The van der Waals surface area contributed by atoms with E-state index in [1.165, 1.54) is 4.68 Å². The Kier molecular flexibility index (Phi) is 4.13. The Morgan fingerprint density at radius 2 is 1.80 bits per heavy atom. The molecule has 0 spiro atoms. The van der Waals surface area contributed by atoms with Crippen LogP contribution in [-0.4, -0.2) is 14.8 Å². The molecule has 1 aromatic heterocycles. The minimum Gasteiger partial charge on any atom is -0.389 e. The van der Waals surface area contributed by atoms with E-state index in [-0.39, 0.29) is 16.2 Å². The van der Waals surface area contributed by atoms with E-state index in [4.69, 9.17) is 18.0 Å². The second-order valence-corrected chi connectivity index (χ2v) is 4.84. The lowest BCUT2D eigenvalue weighted by Crippen LogP contribution is -2.13. The lowest BCUT2D eigenvalue weighted by molar-refractivity contribution is 0.554. The maximum atomic E-state index is 14.2. The van der Waals surface area contributed by atoms with Crippen molar-refractivity contribution < 1.29 is 8.78 Å². The van der Waals surface area contributed by atoms with Crippen molar-refractivity contribution in [3.05, 3.63) is 46.8 Å². The van der Waals surface area contributed by atoms with E-state index in [9.17, 15) is 8.78 Å². The van der Waals surface area contributed by atoms with Gasteiger partial charge in [-0.15, -0.1) is 0 Å². The highest BCUT2D eigenvalue weighted by atomic mass is 32.1. The molecule has 0 atom stereocenters. The molecule has 0 amide bonds. The van der Waals surface area contributed by atoms with Gasteiger partial charge in [-0.05, 0) is 31.0 Å². The molecular formula is C14H15F2N3S. The van der Waals surface area contributed by atoms with Crippen molar-refractivity contribution in [1.82, 2.24) is 9.78 Å². The van der Waals surface area contributed by atoms with E-state index < -0.39 is 11.6 Å². The number of rotatable bonds is 4. The van der Waals surface area contributed by atoms with Crippen LogP contribution >= 0.6 is 12.2 Å². The maximum absolute atomic E-state index is 14.2. The largest absolute Gasteiger partial charge is 0.389 e. The highest BCUT2D eigenvalue weighted by Crippen LogP contribution is 2.22. The van der Waals surface area contributed by atoms with Crippen molar-refractivity contribution in [2.75, 3.05) is 0 Å². The number of hydrogen-bond acceptors (Lipinski definition) is 2. The number of aromatic nitrogens is 2. The van der Waals surface area contributed by atoms with Gasteiger partial charge in [0.25, 0.3) is 0 Å². The molecule has 0 unspecified atom stereocenters. The molecule has 6 heteroatoms. The van der Waals surface area contributed by atoms with E-state index in [2.05, 4.69) is 5.10 Å². The van der Waals surface area contributed by atoms with Crippen LogP contribution in [0.15, 0.2) is 18.2 Å². The van der Waals surface area contributed by atoms with E-state index in [1.807, 2.05) is 19.9 Å². The van der Waals surface area contributed by atoms with Gasteiger partial charge in [-0.2, -0.15) is 5.10 Å². The van der Waals surface area contributed by atoms with Crippen LogP contribution in [0.3, 0.4) is 0 Å². The molecule has 1 aromatic carbocycles. The fourth-order valence-electron chi connectivity index (χ4n) is 2.00. The predicted molar refractivity (Wildman–Crippen MR) is 78.1 cm³/mol. The number of hydrogen-bond donors (Lipinski definition) is 1. The summed E-state index contributed by atoms with van der Waals surface area (Å²) in [6.07, 6.45) is 1.33. The summed E-state index contributed by atoms with van der Waals surface area (Å²) in [7, 11) is 0. The Labute approximate surface area is 121 Å². The second kappa shape index (κ2) is 5.66. The van der Waals surface area contributed by atoms with Crippen molar-refractivity contribution in [1.29, 1.82) is 0 Å². The van der Waals surface area contributed by atoms with Crippen LogP contribution in [0, 0.1) is 11.6 Å². The molecular weight excluding hydrogens is 280 g/mol. The Morgan fingerprint density at radius 1 is 1.20 bits per heavy atom. The molecule has 0 aliphatic rings. The quantitative estimate of drug-likeness (QED) is 0.882. The van der Waals surface area contributed by atoms with Crippen molar-refractivity contribution >= 4 is 17.2 Å². The van der Waals surface area contributed by atoms with Crippen molar-refractivity contribution in [2.24, 2.45) is 5.73 Å². The highest BCUT2D eigenvalue weighted by Gasteiger charge is 2.18. The number of nitrogens with two attached hydrogens (primary N) is 1. The summed E-state index contributed by atoms with van der Waals surface area (Å²) in [5.74, 6) is -1.46. The predicted octanol–water partition coefficient (Wildman–Crippen LogP) is 2.91. The Hall–Kier alpha value is -1.82. The van der Waals surface area contributed by atoms with Crippen molar-refractivity contribution in [3.63, 3.8) is 0 Å². The van der Waals surface area contributed by atoms with Gasteiger partial charge in [-0.3, -0.25) is 0 Å². The minimum absolute atomic E-state index is 0.0419. The number of benzene rings is 1. The van der Waals surface area contributed by atoms with Crippen LogP contribution in [0.25, 0.3) is 5.69 Å². The average molecular weight is 295 g/mol. The van der Waals surface area contributed by atoms with E-state index in [0.717, 1.165) is 23.5 Å². The Morgan fingerprint density at radius 3 is 2.25 bits per heavy atom. The molecule has 2 N–H and O–H groups in total. The number of thiocarbonyl (C=S) groups is 1.